The summed E-state index contributed by atoms with van der Waals surface area (Å²) in [6, 6.07) is 6.62. The molecule has 0 saturated carbocycles. The highest BCUT2D eigenvalue weighted by Crippen LogP contribution is 2.09. The lowest BCUT2D eigenvalue weighted by atomic mass is 10.1. The van der Waals surface area contributed by atoms with Gasteiger partial charge in [0.1, 0.15) is 5.69 Å². The first-order valence-electron chi connectivity index (χ1n) is 6.42. The van der Waals surface area contributed by atoms with Gasteiger partial charge in [-0.1, -0.05) is 0 Å². The highest BCUT2D eigenvalue weighted by molar-refractivity contribution is 6.03. The van der Waals surface area contributed by atoms with E-state index >= 15 is 0 Å². The van der Waals surface area contributed by atoms with Crippen LogP contribution in [-0.4, -0.2) is 45.4 Å². The van der Waals surface area contributed by atoms with Crippen molar-refractivity contribution in [2.45, 2.75) is 6.42 Å². The van der Waals surface area contributed by atoms with E-state index in [4.69, 9.17) is 5.11 Å². The van der Waals surface area contributed by atoms with E-state index < -0.39 is 11.9 Å². The molecule has 0 aliphatic heterocycles. The fourth-order valence-electron chi connectivity index (χ4n) is 1.88. The molecular weight excluding hydrogens is 270 g/mol. The van der Waals surface area contributed by atoms with E-state index in [-0.39, 0.29) is 11.3 Å². The molecule has 2 heterocycles. The Hall–Kier alpha value is -2.76. The Morgan fingerprint density at radius 2 is 1.90 bits per heavy atom. The molecule has 0 atom stereocenters. The number of hydrogen-bond acceptors (Lipinski definition) is 4. The number of amides is 1. The molecule has 0 aliphatic rings. The number of carboxylic acid groups (broad SMARTS) is 1. The van der Waals surface area contributed by atoms with Gasteiger partial charge in [-0.25, -0.2) is 4.79 Å². The van der Waals surface area contributed by atoms with E-state index in [0.717, 1.165) is 5.56 Å². The number of rotatable bonds is 5. The van der Waals surface area contributed by atoms with Crippen LogP contribution in [0.15, 0.2) is 42.9 Å². The molecule has 0 spiro atoms. The second-order valence-electron chi connectivity index (χ2n) is 4.54. The quantitative estimate of drug-likeness (QED) is 0.899. The summed E-state index contributed by atoms with van der Waals surface area (Å²) in [6.07, 6.45) is 5.47. The molecule has 0 unspecified atom stereocenters. The van der Waals surface area contributed by atoms with Crippen LogP contribution in [0.25, 0.3) is 0 Å². The van der Waals surface area contributed by atoms with Gasteiger partial charge in [0.2, 0.25) is 0 Å². The molecule has 6 heteroatoms. The molecule has 2 aromatic heterocycles. The van der Waals surface area contributed by atoms with E-state index in [9.17, 15) is 9.59 Å². The van der Waals surface area contributed by atoms with Crippen molar-refractivity contribution in [3.05, 3.63) is 59.7 Å². The van der Waals surface area contributed by atoms with Crippen molar-refractivity contribution in [1.29, 1.82) is 0 Å². The number of aromatic nitrogens is 2. The molecule has 0 bridgehead atoms. The van der Waals surface area contributed by atoms with Crippen LogP contribution < -0.4 is 0 Å². The van der Waals surface area contributed by atoms with Gasteiger partial charge in [-0.3, -0.25) is 14.8 Å². The molecule has 108 valence electrons. The zero-order chi connectivity index (χ0) is 15.2. The number of likely N-dealkylation sites (N-methyl/N-ethyl adjacent to an activating group) is 1. The van der Waals surface area contributed by atoms with Gasteiger partial charge in [0.15, 0.2) is 0 Å². The minimum absolute atomic E-state index is 0.0396. The zero-order valence-corrected chi connectivity index (χ0v) is 11.6. The van der Waals surface area contributed by atoms with Crippen molar-refractivity contribution in [2.24, 2.45) is 0 Å². The Balaban J connectivity index is 2.08. The average molecular weight is 285 g/mol. The van der Waals surface area contributed by atoms with Gasteiger partial charge in [0.25, 0.3) is 5.91 Å². The predicted molar refractivity (Wildman–Crippen MR) is 76.1 cm³/mol. The van der Waals surface area contributed by atoms with Crippen molar-refractivity contribution in [3.63, 3.8) is 0 Å². The van der Waals surface area contributed by atoms with Gasteiger partial charge < -0.3 is 10.0 Å². The van der Waals surface area contributed by atoms with E-state index in [0.29, 0.717) is 13.0 Å². The van der Waals surface area contributed by atoms with Crippen molar-refractivity contribution >= 4 is 11.9 Å². The molecule has 2 aromatic rings. The van der Waals surface area contributed by atoms with Gasteiger partial charge in [-0.2, -0.15) is 0 Å². The molecule has 2 rings (SSSR count). The maximum atomic E-state index is 12.3. The number of hydrogen-bond donors (Lipinski definition) is 1. The van der Waals surface area contributed by atoms with Crippen LogP contribution in [0.4, 0.5) is 0 Å². The fourth-order valence-corrected chi connectivity index (χ4v) is 1.88. The predicted octanol–water partition coefficient (Wildman–Crippen LogP) is 1.49. The Kier molecular flexibility index (Phi) is 4.61. The Labute approximate surface area is 122 Å². The van der Waals surface area contributed by atoms with Crippen molar-refractivity contribution in [1.82, 2.24) is 14.9 Å². The topological polar surface area (TPSA) is 83.4 Å². The van der Waals surface area contributed by atoms with Crippen molar-refractivity contribution in [3.8, 4) is 0 Å². The second-order valence-corrected chi connectivity index (χ2v) is 4.54. The average Bonchev–Trinajstić information content (AvgIpc) is 2.52. The molecule has 0 radical (unpaired) electrons. The smallest absolute Gasteiger partial charge is 0.338 e. The molecule has 6 nitrogen and oxygen atoms in total. The van der Waals surface area contributed by atoms with Crippen LogP contribution in [0, 0.1) is 0 Å². The molecule has 0 saturated heterocycles. The summed E-state index contributed by atoms with van der Waals surface area (Å²) in [7, 11) is 1.63. The summed E-state index contributed by atoms with van der Waals surface area (Å²) in [5.74, 6) is -1.56. The monoisotopic (exact) mass is 285 g/mol. The van der Waals surface area contributed by atoms with Gasteiger partial charge in [0.05, 0.1) is 5.56 Å². The van der Waals surface area contributed by atoms with E-state index in [1.165, 1.54) is 23.2 Å². The normalized spacial score (nSPS) is 10.1. The Bertz CT molecular complexity index is 644. The summed E-state index contributed by atoms with van der Waals surface area (Å²) in [5, 5.41) is 9.09. The third-order valence-corrected chi connectivity index (χ3v) is 3.07. The molecule has 0 aliphatic carbocycles. The van der Waals surface area contributed by atoms with Crippen LogP contribution >= 0.6 is 0 Å². The number of nitrogens with zero attached hydrogens (tertiary/aromatic N) is 3. The summed E-state index contributed by atoms with van der Waals surface area (Å²) in [5.41, 5.74) is 0.935. The van der Waals surface area contributed by atoms with Crippen LogP contribution in [0.2, 0.25) is 0 Å². The first-order chi connectivity index (χ1) is 10.1. The molecule has 21 heavy (non-hydrogen) atoms. The van der Waals surface area contributed by atoms with Gasteiger partial charge in [0, 0.05) is 32.2 Å². The largest absolute Gasteiger partial charge is 0.478 e. The summed E-state index contributed by atoms with van der Waals surface area (Å²) in [4.78, 5) is 32.7. The zero-order valence-electron chi connectivity index (χ0n) is 11.6. The van der Waals surface area contributed by atoms with Crippen LogP contribution in [0.1, 0.15) is 26.4 Å². The van der Waals surface area contributed by atoms with Crippen molar-refractivity contribution in [2.75, 3.05) is 13.6 Å². The lowest BCUT2D eigenvalue weighted by molar-refractivity contribution is 0.0679. The third kappa shape index (κ3) is 3.62. The summed E-state index contributed by atoms with van der Waals surface area (Å²) in [6.45, 7) is 0.471. The number of carbonyl (C=O) groups excluding carboxylic acids is 1. The lowest BCUT2D eigenvalue weighted by Crippen LogP contribution is -2.31. The van der Waals surface area contributed by atoms with Crippen LogP contribution in [0.3, 0.4) is 0 Å². The van der Waals surface area contributed by atoms with Gasteiger partial charge in [-0.15, -0.1) is 0 Å². The standard InChI is InChI=1S/C15H15N3O3/c1-18(10-6-11-4-8-16-9-5-11)14(19)13-12(15(20)21)3-2-7-17-13/h2-5,7-9H,6,10H2,1H3,(H,20,21). The minimum atomic E-state index is -1.16. The number of aromatic carboxylic acids is 1. The fraction of sp³-hybridized carbons (Fsp3) is 0.200. The highest BCUT2D eigenvalue weighted by atomic mass is 16.4. The molecule has 0 aromatic carbocycles. The minimum Gasteiger partial charge on any atom is -0.478 e. The SMILES string of the molecule is CN(CCc1ccncc1)C(=O)c1ncccc1C(=O)O. The van der Waals surface area contributed by atoms with Gasteiger partial charge >= 0.3 is 5.97 Å². The molecule has 0 fully saturated rings. The number of carbonyl (C=O) groups is 2. The molecule has 1 amide bonds. The maximum Gasteiger partial charge on any atom is 0.338 e. The Morgan fingerprint density at radius 1 is 1.19 bits per heavy atom. The summed E-state index contributed by atoms with van der Waals surface area (Å²) >= 11 is 0. The number of pyridine rings is 2. The van der Waals surface area contributed by atoms with Crippen LogP contribution in [-0.2, 0) is 6.42 Å². The number of carboxylic acids is 1. The van der Waals surface area contributed by atoms with E-state index in [1.807, 2.05) is 12.1 Å². The summed E-state index contributed by atoms with van der Waals surface area (Å²) < 4.78 is 0. The maximum absolute atomic E-state index is 12.3. The molecular formula is C15H15N3O3. The van der Waals surface area contributed by atoms with Crippen molar-refractivity contribution < 1.29 is 14.7 Å². The first-order valence-corrected chi connectivity index (χ1v) is 6.42. The van der Waals surface area contributed by atoms with Crippen LogP contribution in [0.5, 0.6) is 0 Å². The van der Waals surface area contributed by atoms with E-state index in [1.54, 1.807) is 19.4 Å². The highest BCUT2D eigenvalue weighted by Gasteiger charge is 2.20. The third-order valence-electron chi connectivity index (χ3n) is 3.07. The Morgan fingerprint density at radius 3 is 2.57 bits per heavy atom. The van der Waals surface area contributed by atoms with E-state index in [2.05, 4.69) is 9.97 Å². The second kappa shape index (κ2) is 6.60. The lowest BCUT2D eigenvalue weighted by Gasteiger charge is -2.17. The first kappa shape index (κ1) is 14.6. The van der Waals surface area contributed by atoms with Gasteiger partial charge in [-0.05, 0) is 36.2 Å². The molecule has 1 N–H and O–H groups in total.